The Hall–Kier alpha value is -1.14. The van der Waals surface area contributed by atoms with E-state index in [-0.39, 0.29) is 25.3 Å². The van der Waals surface area contributed by atoms with Crippen LogP contribution >= 0.6 is 22.9 Å². The third-order valence-corrected chi connectivity index (χ3v) is 2.91. The number of primary amides is 1. The molecular formula is C9H12ClN3O2S. The molecule has 0 saturated heterocycles. The highest BCUT2D eigenvalue weighted by molar-refractivity contribution is 7.09. The van der Waals surface area contributed by atoms with Crippen LogP contribution in [0.25, 0.3) is 0 Å². The van der Waals surface area contributed by atoms with Crippen molar-refractivity contribution in [2.75, 3.05) is 6.54 Å². The van der Waals surface area contributed by atoms with Gasteiger partial charge in [0.2, 0.25) is 11.8 Å². The Morgan fingerprint density at radius 1 is 1.56 bits per heavy atom. The zero-order valence-corrected chi connectivity index (χ0v) is 10.1. The number of aromatic nitrogens is 1. The van der Waals surface area contributed by atoms with Gasteiger partial charge in [-0.3, -0.25) is 9.59 Å². The van der Waals surface area contributed by atoms with Crippen molar-refractivity contribution in [3.63, 3.8) is 0 Å². The lowest BCUT2D eigenvalue weighted by molar-refractivity contribution is -0.120. The second kappa shape index (κ2) is 6.44. The topological polar surface area (TPSA) is 85.1 Å². The largest absolute Gasteiger partial charge is 0.370 e. The van der Waals surface area contributed by atoms with E-state index < -0.39 is 5.91 Å². The van der Waals surface area contributed by atoms with Gasteiger partial charge in [-0.15, -0.1) is 22.9 Å². The van der Waals surface area contributed by atoms with Crippen molar-refractivity contribution in [1.29, 1.82) is 0 Å². The first kappa shape index (κ1) is 12.9. The third kappa shape index (κ3) is 4.59. The molecule has 0 radical (unpaired) electrons. The molecule has 0 aromatic carbocycles. The monoisotopic (exact) mass is 261 g/mol. The molecule has 1 aromatic heterocycles. The van der Waals surface area contributed by atoms with E-state index in [1.807, 2.05) is 5.38 Å². The molecule has 5 nitrogen and oxygen atoms in total. The minimum Gasteiger partial charge on any atom is -0.370 e. The summed E-state index contributed by atoms with van der Waals surface area (Å²) in [5.74, 6) is -0.254. The number of nitrogens with one attached hydrogen (secondary N) is 1. The average Bonchev–Trinajstić information content (AvgIpc) is 2.65. The fraction of sp³-hybridized carbons (Fsp3) is 0.444. The molecule has 0 fully saturated rings. The van der Waals surface area contributed by atoms with Gasteiger partial charge in [0.15, 0.2) is 0 Å². The molecule has 1 rings (SSSR count). The van der Waals surface area contributed by atoms with Gasteiger partial charge in [0, 0.05) is 18.3 Å². The predicted octanol–water partition coefficient (Wildman–Crippen LogP) is 0.416. The van der Waals surface area contributed by atoms with Crippen molar-refractivity contribution >= 4 is 34.8 Å². The number of rotatable bonds is 6. The van der Waals surface area contributed by atoms with Crippen LogP contribution in [-0.4, -0.2) is 23.3 Å². The van der Waals surface area contributed by atoms with E-state index >= 15 is 0 Å². The molecule has 0 spiro atoms. The van der Waals surface area contributed by atoms with Gasteiger partial charge in [-0.1, -0.05) is 0 Å². The van der Waals surface area contributed by atoms with Crippen LogP contribution < -0.4 is 11.1 Å². The summed E-state index contributed by atoms with van der Waals surface area (Å²) in [6.07, 6.45) is 0.358. The number of hydrogen-bond donors (Lipinski definition) is 2. The first-order chi connectivity index (χ1) is 7.61. The summed E-state index contributed by atoms with van der Waals surface area (Å²) >= 11 is 6.98. The molecule has 0 atom stereocenters. The smallest absolute Gasteiger partial charge is 0.226 e. The minimum absolute atomic E-state index is 0.149. The Morgan fingerprint density at radius 3 is 2.88 bits per heavy atom. The highest BCUT2D eigenvalue weighted by Crippen LogP contribution is 2.11. The van der Waals surface area contributed by atoms with Crippen molar-refractivity contribution in [1.82, 2.24) is 10.3 Å². The molecule has 88 valence electrons. The average molecular weight is 262 g/mol. The summed E-state index contributed by atoms with van der Waals surface area (Å²) < 4.78 is 0. The second-order valence-electron chi connectivity index (χ2n) is 3.11. The van der Waals surface area contributed by atoms with Crippen LogP contribution in [-0.2, 0) is 21.9 Å². The maximum absolute atomic E-state index is 11.4. The van der Waals surface area contributed by atoms with Crippen LogP contribution in [0.1, 0.15) is 17.1 Å². The molecule has 0 saturated carbocycles. The molecule has 0 aliphatic carbocycles. The van der Waals surface area contributed by atoms with E-state index in [0.29, 0.717) is 10.9 Å². The van der Waals surface area contributed by atoms with Crippen molar-refractivity contribution < 1.29 is 9.59 Å². The zero-order valence-electron chi connectivity index (χ0n) is 8.53. The normalized spacial score (nSPS) is 10.1. The number of amides is 2. The van der Waals surface area contributed by atoms with E-state index in [9.17, 15) is 9.59 Å². The van der Waals surface area contributed by atoms with Crippen molar-refractivity contribution in [3.05, 3.63) is 16.1 Å². The standard InChI is InChI=1S/C9H12ClN3O2S/c10-4-6-5-16-9(13-6)3-8(15)12-2-1-7(11)14/h5H,1-4H2,(H2,11,14)(H,12,15). The van der Waals surface area contributed by atoms with Gasteiger partial charge in [-0.25, -0.2) is 4.98 Å². The van der Waals surface area contributed by atoms with Crippen LogP contribution in [0.3, 0.4) is 0 Å². The van der Waals surface area contributed by atoms with E-state index in [0.717, 1.165) is 5.69 Å². The van der Waals surface area contributed by atoms with Gasteiger partial charge < -0.3 is 11.1 Å². The van der Waals surface area contributed by atoms with E-state index in [2.05, 4.69) is 10.3 Å². The maximum atomic E-state index is 11.4. The Balaban J connectivity index is 2.31. The fourth-order valence-electron chi connectivity index (χ4n) is 1.02. The molecule has 2 amide bonds. The summed E-state index contributed by atoms with van der Waals surface area (Å²) in [5, 5.41) is 5.12. The lowest BCUT2D eigenvalue weighted by Gasteiger charge is -2.01. The molecule has 1 aromatic rings. The quantitative estimate of drug-likeness (QED) is 0.728. The van der Waals surface area contributed by atoms with Crippen molar-refractivity contribution in [2.24, 2.45) is 5.73 Å². The minimum atomic E-state index is -0.432. The number of nitrogens with zero attached hydrogens (tertiary/aromatic N) is 1. The molecule has 7 heteroatoms. The van der Waals surface area contributed by atoms with Crippen molar-refractivity contribution in [2.45, 2.75) is 18.7 Å². The van der Waals surface area contributed by atoms with Gasteiger partial charge in [-0.05, 0) is 0 Å². The Morgan fingerprint density at radius 2 is 2.31 bits per heavy atom. The number of hydrogen-bond acceptors (Lipinski definition) is 4. The Kier molecular flexibility index (Phi) is 5.21. The Bertz CT molecular complexity index is 381. The molecule has 0 aliphatic heterocycles. The van der Waals surface area contributed by atoms with E-state index in [4.69, 9.17) is 17.3 Å². The van der Waals surface area contributed by atoms with Gasteiger partial charge in [0.1, 0.15) is 5.01 Å². The van der Waals surface area contributed by atoms with Gasteiger partial charge in [0.05, 0.1) is 18.0 Å². The molecule has 3 N–H and O–H groups in total. The molecule has 1 heterocycles. The number of alkyl halides is 1. The SMILES string of the molecule is NC(=O)CCNC(=O)Cc1nc(CCl)cs1. The lowest BCUT2D eigenvalue weighted by atomic mass is 10.3. The van der Waals surface area contributed by atoms with Gasteiger partial charge in [0.25, 0.3) is 0 Å². The molecular weight excluding hydrogens is 250 g/mol. The van der Waals surface area contributed by atoms with Crippen LogP contribution in [0.15, 0.2) is 5.38 Å². The summed E-state index contributed by atoms with van der Waals surface area (Å²) in [7, 11) is 0. The number of thiazole rings is 1. The second-order valence-corrected chi connectivity index (χ2v) is 4.32. The predicted molar refractivity (Wildman–Crippen MR) is 62.2 cm³/mol. The number of carbonyl (C=O) groups is 2. The summed E-state index contributed by atoms with van der Waals surface area (Å²) in [6.45, 7) is 0.266. The van der Waals surface area contributed by atoms with Crippen LogP contribution in [0.5, 0.6) is 0 Å². The number of halogens is 1. The zero-order chi connectivity index (χ0) is 12.0. The van der Waals surface area contributed by atoms with Crippen LogP contribution in [0.2, 0.25) is 0 Å². The highest BCUT2D eigenvalue weighted by Gasteiger charge is 2.07. The lowest BCUT2D eigenvalue weighted by Crippen LogP contribution is -2.29. The number of carbonyl (C=O) groups excluding carboxylic acids is 2. The van der Waals surface area contributed by atoms with E-state index in [1.165, 1.54) is 11.3 Å². The van der Waals surface area contributed by atoms with Crippen LogP contribution in [0.4, 0.5) is 0 Å². The van der Waals surface area contributed by atoms with Gasteiger partial charge >= 0.3 is 0 Å². The molecule has 0 bridgehead atoms. The van der Waals surface area contributed by atoms with Crippen molar-refractivity contribution in [3.8, 4) is 0 Å². The van der Waals surface area contributed by atoms with E-state index in [1.54, 1.807) is 0 Å². The molecule has 0 unspecified atom stereocenters. The summed E-state index contributed by atoms with van der Waals surface area (Å²) in [5.41, 5.74) is 5.71. The molecule has 0 aliphatic rings. The fourth-order valence-corrected chi connectivity index (χ4v) is 2.04. The first-order valence-corrected chi connectivity index (χ1v) is 6.07. The van der Waals surface area contributed by atoms with Gasteiger partial charge in [-0.2, -0.15) is 0 Å². The Labute approximate surface area is 102 Å². The maximum Gasteiger partial charge on any atom is 0.226 e. The summed E-state index contributed by atoms with van der Waals surface area (Å²) in [6, 6.07) is 0. The first-order valence-electron chi connectivity index (χ1n) is 4.66. The highest BCUT2D eigenvalue weighted by atomic mass is 35.5. The molecule has 16 heavy (non-hydrogen) atoms. The van der Waals surface area contributed by atoms with Crippen LogP contribution in [0, 0.1) is 0 Å². The number of nitrogens with two attached hydrogens (primary N) is 1. The third-order valence-electron chi connectivity index (χ3n) is 1.74. The summed E-state index contributed by atoms with van der Waals surface area (Å²) in [4.78, 5) is 25.9.